The third kappa shape index (κ3) is 15.9. The lowest BCUT2D eigenvalue weighted by Crippen LogP contribution is -2.47. The fraction of sp³-hybridized carbons (Fsp3) is 0.391. The lowest BCUT2D eigenvalue weighted by Gasteiger charge is -2.34. The van der Waals surface area contributed by atoms with E-state index >= 15 is 0 Å². The number of nitrogens with zero attached hydrogens (tertiary/aromatic N) is 6. The third-order valence-corrected chi connectivity index (χ3v) is 10.3. The molecule has 316 valence electrons. The fourth-order valence-electron chi connectivity index (χ4n) is 6.72. The maximum atomic E-state index is 8.81. The molecule has 2 fully saturated rings. The van der Waals surface area contributed by atoms with E-state index in [1.807, 2.05) is 60.7 Å². The van der Waals surface area contributed by atoms with Crippen LogP contribution in [-0.2, 0) is 0 Å². The number of rotatable bonds is 20. The van der Waals surface area contributed by atoms with Crippen LogP contribution in [0.1, 0.15) is 29.5 Å². The van der Waals surface area contributed by atoms with Crippen LogP contribution in [0, 0.1) is 28.7 Å². The van der Waals surface area contributed by atoms with Gasteiger partial charge in [0.05, 0.1) is 31.4 Å². The Labute approximate surface area is 354 Å². The van der Waals surface area contributed by atoms with Crippen molar-refractivity contribution < 1.29 is 18.9 Å². The van der Waals surface area contributed by atoms with Crippen LogP contribution in [0.5, 0.6) is 23.0 Å². The molecule has 0 saturated carbocycles. The van der Waals surface area contributed by atoms with E-state index in [2.05, 4.69) is 30.5 Å². The molecule has 0 atom stereocenters. The molecule has 4 aromatic rings. The van der Waals surface area contributed by atoms with Gasteiger partial charge in [-0.05, 0) is 97.8 Å². The van der Waals surface area contributed by atoms with Crippen molar-refractivity contribution in [1.82, 2.24) is 19.6 Å². The second-order valence-corrected chi connectivity index (χ2v) is 14.6. The molecule has 2 heterocycles. The van der Waals surface area contributed by atoms with E-state index in [9.17, 15) is 0 Å². The standard InChI is InChI=1S/C23H32N6O2.C23H26N4O2/c24-22(25)18-2-6-20(7-3-18)30-16-1-10-28-11-13-29(14-12-28)15-17-31-21-8-4-19(5-9-21)23(26)27;1-25-21-5-9-23(10-6-21)29-18-16-27-14-12-26(13-15-27)11-2-17-28-22-7-3-20(19-24)4-8-22/h2-9H,1,10-17H2,(H3,24,25)(H3,26,27);3-10H,2,11-18H2. The number of amidine groups is 2. The maximum Gasteiger partial charge on any atom is 0.187 e. The molecule has 0 radical (unpaired) electrons. The van der Waals surface area contributed by atoms with Crippen molar-refractivity contribution >= 4 is 17.4 Å². The summed E-state index contributed by atoms with van der Waals surface area (Å²) in [6.45, 7) is 22.0. The third-order valence-electron chi connectivity index (χ3n) is 10.3. The minimum Gasteiger partial charge on any atom is -0.494 e. The van der Waals surface area contributed by atoms with Crippen LogP contribution in [0.25, 0.3) is 4.85 Å². The van der Waals surface area contributed by atoms with Gasteiger partial charge in [0, 0.05) is 89.7 Å². The van der Waals surface area contributed by atoms with Crippen LogP contribution in [-0.4, -0.2) is 136 Å². The normalized spacial score (nSPS) is 14.8. The molecule has 2 aliphatic heterocycles. The number of piperazine rings is 2. The van der Waals surface area contributed by atoms with Gasteiger partial charge in [-0.1, -0.05) is 12.1 Å². The summed E-state index contributed by atoms with van der Waals surface area (Å²) in [4.78, 5) is 13.2. The molecule has 60 heavy (non-hydrogen) atoms. The molecule has 0 aliphatic carbocycles. The summed E-state index contributed by atoms with van der Waals surface area (Å²) in [6.07, 6.45) is 1.97. The molecule has 2 aliphatic rings. The van der Waals surface area contributed by atoms with Gasteiger partial charge in [0.1, 0.15) is 47.9 Å². The Bertz CT molecular complexity index is 1960. The number of benzene rings is 4. The summed E-state index contributed by atoms with van der Waals surface area (Å²) in [5.41, 5.74) is 13.6. The van der Waals surface area contributed by atoms with Crippen LogP contribution in [0.4, 0.5) is 5.69 Å². The molecule has 0 spiro atoms. The fourth-order valence-corrected chi connectivity index (χ4v) is 6.72. The summed E-state index contributed by atoms with van der Waals surface area (Å²) in [5, 5.41) is 23.6. The Balaban J connectivity index is 0.000000228. The molecule has 0 amide bonds. The van der Waals surface area contributed by atoms with Gasteiger partial charge in [-0.3, -0.25) is 20.6 Å². The van der Waals surface area contributed by atoms with E-state index < -0.39 is 0 Å². The molecular formula is C46H58N10O4. The number of nitrogens with one attached hydrogen (secondary N) is 2. The summed E-state index contributed by atoms with van der Waals surface area (Å²) in [7, 11) is 0. The van der Waals surface area contributed by atoms with Crippen molar-refractivity contribution in [3.63, 3.8) is 0 Å². The highest BCUT2D eigenvalue weighted by atomic mass is 16.5. The van der Waals surface area contributed by atoms with E-state index in [0.717, 1.165) is 114 Å². The zero-order valence-electron chi connectivity index (χ0n) is 34.4. The Morgan fingerprint density at radius 2 is 0.833 bits per heavy atom. The van der Waals surface area contributed by atoms with Crippen LogP contribution >= 0.6 is 0 Å². The van der Waals surface area contributed by atoms with Gasteiger partial charge in [0.25, 0.3) is 0 Å². The Hall–Kier alpha value is -6.16. The summed E-state index contributed by atoms with van der Waals surface area (Å²) in [5.74, 6) is 3.39. The van der Waals surface area contributed by atoms with E-state index in [4.69, 9.17) is 53.1 Å². The van der Waals surface area contributed by atoms with Gasteiger partial charge in [-0.2, -0.15) is 5.26 Å². The van der Waals surface area contributed by atoms with Crippen LogP contribution in [0.15, 0.2) is 97.1 Å². The van der Waals surface area contributed by atoms with Crippen LogP contribution in [0.2, 0.25) is 0 Å². The van der Waals surface area contributed by atoms with Gasteiger partial charge >= 0.3 is 0 Å². The van der Waals surface area contributed by atoms with Gasteiger partial charge in [0.2, 0.25) is 0 Å². The second kappa shape index (κ2) is 24.7. The van der Waals surface area contributed by atoms with E-state index in [-0.39, 0.29) is 11.7 Å². The molecule has 14 nitrogen and oxygen atoms in total. The molecule has 0 unspecified atom stereocenters. The number of nitrogen functional groups attached to an aromatic ring is 2. The highest BCUT2D eigenvalue weighted by molar-refractivity contribution is 5.95. The van der Waals surface area contributed by atoms with Gasteiger partial charge < -0.3 is 40.2 Å². The SMILES string of the molecule is N=C(N)c1ccc(OCCCN2CCN(CCOc3ccc(C(=N)N)cc3)CC2)cc1.[C-]#[N+]c1ccc(OCCN2CCN(CCCOc3ccc(C#N)cc3)CC2)cc1. The summed E-state index contributed by atoms with van der Waals surface area (Å²) in [6, 6.07) is 31.3. The number of ether oxygens (including phenoxy) is 4. The molecule has 4 aromatic carbocycles. The van der Waals surface area contributed by atoms with E-state index in [0.29, 0.717) is 48.8 Å². The van der Waals surface area contributed by atoms with Crippen molar-refractivity contribution in [3.8, 4) is 29.1 Å². The molecule has 6 rings (SSSR count). The predicted molar refractivity (Wildman–Crippen MR) is 236 cm³/mol. The molecule has 6 N–H and O–H groups in total. The Morgan fingerprint density at radius 3 is 1.17 bits per heavy atom. The number of nitriles is 1. The number of hydrogen-bond acceptors (Lipinski definition) is 11. The topological polar surface area (TPSA) is 178 Å². The largest absolute Gasteiger partial charge is 0.494 e. The summed E-state index contributed by atoms with van der Waals surface area (Å²) >= 11 is 0. The van der Waals surface area contributed by atoms with Gasteiger partial charge in [-0.15, -0.1) is 0 Å². The zero-order chi connectivity index (χ0) is 42.4. The lowest BCUT2D eigenvalue weighted by molar-refractivity contribution is 0.112. The van der Waals surface area contributed by atoms with Crippen molar-refractivity contribution in [2.75, 3.05) is 105 Å². The Morgan fingerprint density at radius 1 is 0.517 bits per heavy atom. The first-order chi connectivity index (χ1) is 29.3. The van der Waals surface area contributed by atoms with Crippen molar-refractivity contribution in [1.29, 1.82) is 16.1 Å². The highest BCUT2D eigenvalue weighted by Crippen LogP contribution is 2.18. The average Bonchev–Trinajstić information content (AvgIpc) is 3.28. The molecular weight excluding hydrogens is 757 g/mol. The van der Waals surface area contributed by atoms with E-state index in [1.165, 1.54) is 0 Å². The minimum absolute atomic E-state index is 0.0688. The van der Waals surface area contributed by atoms with Crippen molar-refractivity contribution in [2.45, 2.75) is 12.8 Å². The van der Waals surface area contributed by atoms with Gasteiger partial charge in [-0.25, -0.2) is 4.85 Å². The minimum atomic E-state index is 0.0688. The van der Waals surface area contributed by atoms with Crippen molar-refractivity contribution in [3.05, 3.63) is 125 Å². The molecule has 0 bridgehead atoms. The smallest absolute Gasteiger partial charge is 0.187 e. The Kier molecular flexibility index (Phi) is 18.5. The first-order valence-electron chi connectivity index (χ1n) is 20.5. The van der Waals surface area contributed by atoms with Crippen molar-refractivity contribution in [2.24, 2.45) is 11.5 Å². The summed E-state index contributed by atoms with van der Waals surface area (Å²) < 4.78 is 23.1. The first kappa shape index (κ1) is 44.9. The van der Waals surface area contributed by atoms with Gasteiger partial charge in [0.15, 0.2) is 5.69 Å². The first-order valence-corrected chi connectivity index (χ1v) is 20.5. The van der Waals surface area contributed by atoms with E-state index in [1.54, 1.807) is 36.4 Å². The van der Waals surface area contributed by atoms with Crippen LogP contribution in [0.3, 0.4) is 0 Å². The maximum absolute atomic E-state index is 8.81. The number of hydrogen-bond donors (Lipinski definition) is 4. The van der Waals surface area contributed by atoms with Crippen LogP contribution < -0.4 is 30.4 Å². The molecule has 0 aromatic heterocycles. The number of nitrogens with two attached hydrogens (primary N) is 2. The monoisotopic (exact) mass is 814 g/mol. The zero-order valence-corrected chi connectivity index (χ0v) is 34.4. The second-order valence-electron chi connectivity index (χ2n) is 14.6. The molecule has 14 heteroatoms. The molecule has 2 saturated heterocycles. The predicted octanol–water partition coefficient (Wildman–Crippen LogP) is 5.29. The highest BCUT2D eigenvalue weighted by Gasteiger charge is 2.17. The quantitative estimate of drug-likeness (QED) is 0.0395. The average molecular weight is 815 g/mol. The lowest BCUT2D eigenvalue weighted by atomic mass is 10.2.